The summed E-state index contributed by atoms with van der Waals surface area (Å²) in [4.78, 5) is 20.4. The van der Waals surface area contributed by atoms with E-state index in [0.717, 1.165) is 35.3 Å². The van der Waals surface area contributed by atoms with Crippen molar-refractivity contribution in [2.24, 2.45) is 0 Å². The summed E-state index contributed by atoms with van der Waals surface area (Å²) in [5, 5.41) is 18.2. The smallest absolute Gasteiger partial charge is 0.340 e. The molecule has 2 aromatic carbocycles. The van der Waals surface area contributed by atoms with Crippen LogP contribution in [0.2, 0.25) is 0 Å². The van der Waals surface area contributed by atoms with Gasteiger partial charge in [0.25, 0.3) is 0 Å². The normalized spacial score (nSPS) is 13.5. The number of aromatic amines is 1. The molecule has 0 saturated carbocycles. The van der Waals surface area contributed by atoms with Gasteiger partial charge in [-0.15, -0.1) is 12.4 Å². The monoisotopic (exact) mass is 492 g/mol. The third-order valence-electron chi connectivity index (χ3n) is 6.62. The number of ether oxygens (including phenoxy) is 1. The number of H-pyrrole nitrogens is 1. The second kappa shape index (κ2) is 9.96. The fourth-order valence-corrected chi connectivity index (χ4v) is 4.79. The number of phenolic OH excluding ortho intramolecular Hbond substituents is 1. The third kappa shape index (κ3) is 4.44. The molecule has 35 heavy (non-hydrogen) atoms. The predicted molar refractivity (Wildman–Crippen MR) is 141 cm³/mol. The van der Waals surface area contributed by atoms with Gasteiger partial charge in [-0.2, -0.15) is 5.10 Å². The van der Waals surface area contributed by atoms with Crippen LogP contribution in [0.15, 0.2) is 42.5 Å². The number of piperidine rings is 1. The van der Waals surface area contributed by atoms with E-state index in [1.807, 2.05) is 19.9 Å². The van der Waals surface area contributed by atoms with Gasteiger partial charge in [-0.1, -0.05) is 12.1 Å². The number of methoxy groups -OCH3 is 1. The highest BCUT2D eigenvalue weighted by Gasteiger charge is 2.26. The maximum atomic E-state index is 13.2. The van der Waals surface area contributed by atoms with E-state index in [1.54, 1.807) is 12.1 Å². The zero-order valence-corrected chi connectivity index (χ0v) is 20.9. The van der Waals surface area contributed by atoms with Gasteiger partial charge in [-0.3, -0.25) is 5.10 Å². The van der Waals surface area contributed by atoms with Gasteiger partial charge >= 0.3 is 5.97 Å². The number of nitrogens with one attached hydrogen (secondary N) is 1. The van der Waals surface area contributed by atoms with Crippen LogP contribution in [-0.4, -0.2) is 46.5 Å². The van der Waals surface area contributed by atoms with Crippen LogP contribution in [0.3, 0.4) is 0 Å². The molecule has 1 aliphatic rings. The first-order valence-electron chi connectivity index (χ1n) is 11.6. The number of nitrogens with zero attached hydrogens (tertiary/aromatic N) is 3. The number of carbonyl (C=O) groups is 1. The van der Waals surface area contributed by atoms with Gasteiger partial charge in [0, 0.05) is 35.6 Å². The van der Waals surface area contributed by atoms with Crippen LogP contribution < -0.4 is 4.90 Å². The Kier molecular flexibility index (Phi) is 6.98. The van der Waals surface area contributed by atoms with Gasteiger partial charge in [0.2, 0.25) is 0 Å². The average Bonchev–Trinajstić information content (AvgIpc) is 3.25. The number of hydrogen-bond donors (Lipinski definition) is 2. The highest BCUT2D eigenvalue weighted by molar-refractivity contribution is 6.11. The molecule has 182 valence electrons. The van der Waals surface area contributed by atoms with Gasteiger partial charge in [-0.05, 0) is 74.6 Å². The van der Waals surface area contributed by atoms with Crippen molar-refractivity contribution >= 4 is 35.1 Å². The van der Waals surface area contributed by atoms with Crippen molar-refractivity contribution in [2.45, 2.75) is 33.1 Å². The number of aromatic nitrogens is 3. The minimum absolute atomic E-state index is 0. The quantitative estimate of drug-likeness (QED) is 0.349. The number of esters is 1. The zero-order chi connectivity index (χ0) is 23.8. The summed E-state index contributed by atoms with van der Waals surface area (Å²) in [6, 6.07) is 13.5. The van der Waals surface area contributed by atoms with Gasteiger partial charge < -0.3 is 14.7 Å². The first kappa shape index (κ1) is 24.5. The van der Waals surface area contributed by atoms with Crippen LogP contribution in [0.1, 0.15) is 40.9 Å². The highest BCUT2D eigenvalue weighted by atomic mass is 35.5. The lowest BCUT2D eigenvalue weighted by atomic mass is 9.92. The van der Waals surface area contributed by atoms with E-state index in [0.29, 0.717) is 28.0 Å². The number of benzene rings is 2. The van der Waals surface area contributed by atoms with Gasteiger partial charge in [0.05, 0.1) is 23.8 Å². The molecule has 0 amide bonds. The molecule has 0 atom stereocenters. The van der Waals surface area contributed by atoms with E-state index in [2.05, 4.69) is 39.4 Å². The van der Waals surface area contributed by atoms with Crippen molar-refractivity contribution in [1.29, 1.82) is 0 Å². The average molecular weight is 493 g/mol. The van der Waals surface area contributed by atoms with Crippen LogP contribution >= 0.6 is 12.4 Å². The number of halogens is 1. The topological polar surface area (TPSA) is 91.3 Å². The number of pyridine rings is 1. The number of aryl methyl sites for hydroxylation is 2. The molecular formula is C27H29ClN4O3. The molecule has 3 heterocycles. The number of aromatic hydroxyl groups is 1. The Morgan fingerprint density at radius 3 is 2.37 bits per heavy atom. The van der Waals surface area contributed by atoms with E-state index >= 15 is 0 Å². The van der Waals surface area contributed by atoms with Crippen LogP contribution in [0.25, 0.3) is 33.4 Å². The van der Waals surface area contributed by atoms with Crippen LogP contribution in [0, 0.1) is 13.8 Å². The van der Waals surface area contributed by atoms with Crippen molar-refractivity contribution in [3.8, 4) is 28.1 Å². The van der Waals surface area contributed by atoms with E-state index in [1.165, 1.54) is 32.1 Å². The molecule has 4 aromatic rings. The number of carbonyl (C=O) groups excluding carboxylic acids is 1. The first-order valence-corrected chi connectivity index (χ1v) is 11.6. The summed E-state index contributed by atoms with van der Waals surface area (Å²) in [6.07, 6.45) is 3.71. The van der Waals surface area contributed by atoms with Gasteiger partial charge in [-0.25, -0.2) is 9.78 Å². The van der Waals surface area contributed by atoms with Crippen LogP contribution in [-0.2, 0) is 4.74 Å². The summed E-state index contributed by atoms with van der Waals surface area (Å²) in [5.74, 6) is -0.278. The van der Waals surface area contributed by atoms with E-state index in [-0.39, 0.29) is 18.2 Å². The number of phenols is 1. The lowest BCUT2D eigenvalue weighted by Gasteiger charge is -2.29. The molecule has 0 bridgehead atoms. The minimum Gasteiger partial charge on any atom is -0.508 e. The molecule has 0 unspecified atom stereocenters. The van der Waals surface area contributed by atoms with Crippen molar-refractivity contribution in [3.63, 3.8) is 0 Å². The molecule has 0 aliphatic carbocycles. The fraction of sp³-hybridized carbons (Fsp3) is 0.296. The predicted octanol–water partition coefficient (Wildman–Crippen LogP) is 5.81. The van der Waals surface area contributed by atoms with E-state index < -0.39 is 5.97 Å². The molecule has 1 aliphatic heterocycles. The van der Waals surface area contributed by atoms with E-state index in [9.17, 15) is 9.90 Å². The summed E-state index contributed by atoms with van der Waals surface area (Å²) >= 11 is 0. The summed E-state index contributed by atoms with van der Waals surface area (Å²) in [5.41, 5.74) is 6.46. The van der Waals surface area contributed by atoms with Gasteiger partial charge in [0.15, 0.2) is 5.65 Å². The number of hydrogen-bond acceptors (Lipinski definition) is 6. The number of anilines is 1. The lowest BCUT2D eigenvalue weighted by molar-refractivity contribution is 0.0602. The summed E-state index contributed by atoms with van der Waals surface area (Å²) < 4.78 is 5.23. The standard InChI is InChI=1S/C27H28N4O3.ClH/c1-16-15-19(9-12-21(16)32)25-24(27(33)34-3)23(22-17(2)29-30-26(22)28-25)18-7-10-20(11-8-18)31-13-5-4-6-14-31;/h7-12,15,32H,4-6,13-14H2,1-3H3,(H,28,29,30);1H. The Hall–Kier alpha value is -3.58. The molecule has 8 heteroatoms. The molecule has 1 fully saturated rings. The molecule has 0 spiro atoms. The van der Waals surface area contributed by atoms with Crippen LogP contribution in [0.5, 0.6) is 5.75 Å². The Bertz CT molecular complexity index is 1380. The summed E-state index contributed by atoms with van der Waals surface area (Å²) in [6.45, 7) is 5.87. The summed E-state index contributed by atoms with van der Waals surface area (Å²) in [7, 11) is 1.38. The molecule has 0 radical (unpaired) electrons. The van der Waals surface area contributed by atoms with Gasteiger partial charge in [0.1, 0.15) is 5.75 Å². The van der Waals surface area contributed by atoms with E-state index in [4.69, 9.17) is 9.72 Å². The first-order chi connectivity index (χ1) is 16.5. The number of rotatable bonds is 4. The molecule has 1 saturated heterocycles. The molecule has 7 nitrogen and oxygen atoms in total. The third-order valence-corrected chi connectivity index (χ3v) is 6.62. The Morgan fingerprint density at radius 1 is 1.03 bits per heavy atom. The number of fused-ring (bicyclic) bond motifs is 1. The van der Waals surface area contributed by atoms with Crippen LogP contribution in [0.4, 0.5) is 5.69 Å². The molecule has 5 rings (SSSR count). The second-order valence-corrected chi connectivity index (χ2v) is 8.85. The maximum Gasteiger partial charge on any atom is 0.340 e. The fourth-order valence-electron chi connectivity index (χ4n) is 4.79. The molecule has 2 aromatic heterocycles. The Balaban J connectivity index is 0.00000289. The van der Waals surface area contributed by atoms with Crippen molar-refractivity contribution in [2.75, 3.05) is 25.1 Å². The lowest BCUT2D eigenvalue weighted by Crippen LogP contribution is -2.29. The molecular weight excluding hydrogens is 464 g/mol. The van der Waals surface area contributed by atoms with Crippen molar-refractivity contribution in [1.82, 2.24) is 15.2 Å². The van der Waals surface area contributed by atoms with Crippen molar-refractivity contribution < 1.29 is 14.6 Å². The Labute approximate surface area is 210 Å². The highest BCUT2D eigenvalue weighted by Crippen LogP contribution is 2.39. The zero-order valence-electron chi connectivity index (χ0n) is 20.1. The molecule has 2 N–H and O–H groups in total. The largest absolute Gasteiger partial charge is 0.508 e. The second-order valence-electron chi connectivity index (χ2n) is 8.85. The Morgan fingerprint density at radius 2 is 1.71 bits per heavy atom. The minimum atomic E-state index is -0.467. The van der Waals surface area contributed by atoms with Crippen molar-refractivity contribution in [3.05, 3.63) is 59.3 Å². The SMILES string of the molecule is COC(=O)c1c(-c2ccc(O)c(C)c2)nc2n[nH]c(C)c2c1-c1ccc(N2CCCCC2)cc1.Cl. The maximum absolute atomic E-state index is 13.2.